The topological polar surface area (TPSA) is 66.6 Å². The summed E-state index contributed by atoms with van der Waals surface area (Å²) >= 11 is 5.79. The van der Waals surface area contributed by atoms with Crippen LogP contribution < -0.4 is 4.90 Å². The van der Waals surface area contributed by atoms with Gasteiger partial charge in [-0.05, 0) is 18.9 Å². The summed E-state index contributed by atoms with van der Waals surface area (Å²) < 4.78 is 13.5. The minimum Gasteiger partial charge on any atom is -0.395 e. The first kappa shape index (κ1) is 16.0. The van der Waals surface area contributed by atoms with E-state index in [4.69, 9.17) is 11.6 Å². The molecule has 0 spiro atoms. The molecular weight excluding hydrogens is 299 g/mol. The number of hydrogen-bond donors (Lipinski definition) is 1. The van der Waals surface area contributed by atoms with Crippen molar-refractivity contribution in [2.75, 3.05) is 18.1 Å². The predicted octanol–water partition coefficient (Wildman–Crippen LogP) is 3.52. The molecule has 2 rings (SSSR count). The number of hydrogen-bond acceptors (Lipinski definition) is 4. The van der Waals surface area contributed by atoms with E-state index in [1.54, 1.807) is 4.90 Å². The molecule has 1 aliphatic rings. The molecule has 21 heavy (non-hydrogen) atoms. The lowest BCUT2D eigenvalue weighted by Crippen LogP contribution is -2.39. The third kappa shape index (κ3) is 3.63. The Balaban J connectivity index is 2.42. The van der Waals surface area contributed by atoms with Gasteiger partial charge in [0, 0.05) is 12.6 Å². The summed E-state index contributed by atoms with van der Waals surface area (Å²) in [6.45, 7) is 0.149. The van der Waals surface area contributed by atoms with E-state index in [0.29, 0.717) is 0 Å². The molecule has 0 unspecified atom stereocenters. The number of aliphatic hydroxyl groups is 1. The first-order chi connectivity index (χ1) is 10.0. The third-order valence-electron chi connectivity index (χ3n) is 3.88. The molecule has 1 aliphatic carbocycles. The fourth-order valence-corrected chi connectivity index (χ4v) is 3.06. The van der Waals surface area contributed by atoms with Crippen LogP contribution in [0.25, 0.3) is 0 Å². The minimum absolute atomic E-state index is 0.117. The van der Waals surface area contributed by atoms with E-state index in [0.717, 1.165) is 38.2 Å². The maximum Gasteiger partial charge on any atom is 0.295 e. The largest absolute Gasteiger partial charge is 0.395 e. The quantitative estimate of drug-likeness (QED) is 0.666. The molecule has 7 heteroatoms. The van der Waals surface area contributed by atoms with Crippen LogP contribution in [0, 0.1) is 15.9 Å². The van der Waals surface area contributed by atoms with Gasteiger partial charge in [0.15, 0.2) is 0 Å². The maximum atomic E-state index is 13.5. The van der Waals surface area contributed by atoms with Crippen LogP contribution in [-0.4, -0.2) is 29.2 Å². The highest BCUT2D eigenvalue weighted by molar-refractivity contribution is 6.31. The number of anilines is 1. The van der Waals surface area contributed by atoms with E-state index < -0.39 is 10.7 Å². The van der Waals surface area contributed by atoms with Crippen LogP contribution in [-0.2, 0) is 0 Å². The van der Waals surface area contributed by atoms with Crippen LogP contribution in [0.1, 0.15) is 32.1 Å². The molecule has 0 saturated heterocycles. The lowest BCUT2D eigenvalue weighted by molar-refractivity contribution is -0.384. The van der Waals surface area contributed by atoms with Gasteiger partial charge >= 0.3 is 0 Å². The van der Waals surface area contributed by atoms with Gasteiger partial charge in [-0.3, -0.25) is 10.1 Å². The summed E-state index contributed by atoms with van der Waals surface area (Å²) in [5, 5.41) is 20.3. The van der Waals surface area contributed by atoms with Gasteiger partial charge in [-0.1, -0.05) is 30.9 Å². The second kappa shape index (κ2) is 7.04. The summed E-state index contributed by atoms with van der Waals surface area (Å²) in [7, 11) is 0. The van der Waals surface area contributed by atoms with Gasteiger partial charge in [0.1, 0.15) is 11.5 Å². The number of rotatable bonds is 5. The maximum absolute atomic E-state index is 13.5. The first-order valence-electron chi connectivity index (χ1n) is 7.05. The lowest BCUT2D eigenvalue weighted by Gasteiger charge is -2.35. The molecule has 1 fully saturated rings. The first-order valence-corrected chi connectivity index (χ1v) is 7.43. The van der Waals surface area contributed by atoms with E-state index >= 15 is 0 Å². The highest BCUT2D eigenvalue weighted by atomic mass is 35.5. The van der Waals surface area contributed by atoms with Crippen molar-refractivity contribution in [2.45, 2.75) is 38.1 Å². The monoisotopic (exact) mass is 316 g/mol. The molecule has 5 nitrogen and oxygen atoms in total. The Morgan fingerprint density at radius 3 is 2.62 bits per heavy atom. The summed E-state index contributed by atoms with van der Waals surface area (Å²) in [6.07, 6.45) is 5.07. The molecule has 1 saturated carbocycles. The molecule has 116 valence electrons. The number of nitro benzene ring substituents is 1. The molecule has 1 aromatic rings. The number of nitro groups is 1. The number of halogens is 2. The fraction of sp³-hybridized carbons (Fsp3) is 0.571. The molecule has 0 radical (unpaired) electrons. The zero-order valence-electron chi connectivity index (χ0n) is 11.6. The Hall–Kier alpha value is -1.40. The zero-order chi connectivity index (χ0) is 15.4. The van der Waals surface area contributed by atoms with Crippen molar-refractivity contribution >= 4 is 23.0 Å². The fourth-order valence-electron chi connectivity index (χ4n) is 2.90. The molecule has 0 heterocycles. The summed E-state index contributed by atoms with van der Waals surface area (Å²) in [5.74, 6) is -0.806. The van der Waals surface area contributed by atoms with Crippen molar-refractivity contribution in [1.29, 1.82) is 0 Å². The van der Waals surface area contributed by atoms with Crippen molar-refractivity contribution in [3.63, 3.8) is 0 Å². The van der Waals surface area contributed by atoms with Gasteiger partial charge < -0.3 is 10.0 Å². The molecule has 0 aromatic heterocycles. The minimum atomic E-state index is -0.806. The van der Waals surface area contributed by atoms with Crippen molar-refractivity contribution in [2.24, 2.45) is 0 Å². The molecule has 0 bridgehead atoms. The van der Waals surface area contributed by atoms with Crippen LogP contribution in [0.2, 0.25) is 5.02 Å². The van der Waals surface area contributed by atoms with Gasteiger partial charge in [0.25, 0.3) is 5.69 Å². The van der Waals surface area contributed by atoms with Crippen LogP contribution in [0.3, 0.4) is 0 Å². The summed E-state index contributed by atoms with van der Waals surface area (Å²) in [5.41, 5.74) is -0.0247. The second-order valence-electron chi connectivity index (χ2n) is 5.22. The number of benzene rings is 1. The van der Waals surface area contributed by atoms with E-state index in [2.05, 4.69) is 0 Å². The van der Waals surface area contributed by atoms with Gasteiger partial charge in [-0.25, -0.2) is 4.39 Å². The average molecular weight is 317 g/mol. The Morgan fingerprint density at radius 2 is 2.05 bits per heavy atom. The zero-order valence-corrected chi connectivity index (χ0v) is 12.4. The van der Waals surface area contributed by atoms with E-state index in [9.17, 15) is 19.6 Å². The SMILES string of the molecule is O=[N+]([O-])c1cc(F)c(Cl)cc1N(CCO)C1CCCCC1. The van der Waals surface area contributed by atoms with Crippen molar-refractivity contribution < 1.29 is 14.4 Å². The molecule has 0 aliphatic heterocycles. The molecule has 1 aromatic carbocycles. The Labute approximate surface area is 127 Å². The average Bonchev–Trinajstić information content (AvgIpc) is 2.48. The Kier molecular flexibility index (Phi) is 5.36. The number of nitrogens with zero attached hydrogens (tertiary/aromatic N) is 2. The standard InChI is InChI=1S/C14H18ClFN2O3/c15-11-8-13(14(18(20)21)9-12(11)16)17(6-7-19)10-4-2-1-3-5-10/h8-10,19H,1-7H2. The van der Waals surface area contributed by atoms with Gasteiger partial charge in [-0.15, -0.1) is 0 Å². The second-order valence-corrected chi connectivity index (χ2v) is 5.63. The van der Waals surface area contributed by atoms with Crippen molar-refractivity contribution in [1.82, 2.24) is 0 Å². The normalized spacial score (nSPS) is 16.0. The molecule has 0 atom stereocenters. The highest BCUT2D eigenvalue weighted by Crippen LogP contribution is 2.36. The van der Waals surface area contributed by atoms with E-state index in [1.165, 1.54) is 6.07 Å². The van der Waals surface area contributed by atoms with Crippen molar-refractivity contribution in [3.8, 4) is 0 Å². The lowest BCUT2D eigenvalue weighted by atomic mass is 9.93. The number of aliphatic hydroxyl groups excluding tert-OH is 1. The molecule has 1 N–H and O–H groups in total. The summed E-state index contributed by atoms with van der Waals surface area (Å²) in [6, 6.07) is 2.26. The molecular formula is C14H18ClFN2O3. The van der Waals surface area contributed by atoms with Crippen LogP contribution in [0.5, 0.6) is 0 Å². The highest BCUT2D eigenvalue weighted by Gasteiger charge is 2.28. The van der Waals surface area contributed by atoms with E-state index in [1.807, 2.05) is 0 Å². The smallest absolute Gasteiger partial charge is 0.295 e. The van der Waals surface area contributed by atoms with Crippen LogP contribution >= 0.6 is 11.6 Å². The van der Waals surface area contributed by atoms with Crippen LogP contribution in [0.4, 0.5) is 15.8 Å². The van der Waals surface area contributed by atoms with Crippen LogP contribution in [0.15, 0.2) is 12.1 Å². The van der Waals surface area contributed by atoms with Gasteiger partial charge in [0.05, 0.1) is 22.6 Å². The Bertz CT molecular complexity index is 521. The van der Waals surface area contributed by atoms with Gasteiger partial charge in [0.2, 0.25) is 0 Å². The third-order valence-corrected chi connectivity index (χ3v) is 4.17. The Morgan fingerprint density at radius 1 is 1.38 bits per heavy atom. The predicted molar refractivity (Wildman–Crippen MR) is 79.4 cm³/mol. The molecule has 0 amide bonds. The van der Waals surface area contributed by atoms with E-state index in [-0.39, 0.29) is 35.6 Å². The summed E-state index contributed by atoms with van der Waals surface area (Å²) in [4.78, 5) is 12.4. The van der Waals surface area contributed by atoms with Gasteiger partial charge in [-0.2, -0.15) is 0 Å². The van der Waals surface area contributed by atoms with Crippen molar-refractivity contribution in [3.05, 3.63) is 33.1 Å².